The van der Waals surface area contributed by atoms with Crippen molar-refractivity contribution in [1.82, 2.24) is 9.97 Å². The summed E-state index contributed by atoms with van der Waals surface area (Å²) in [6, 6.07) is 10.2. The Balaban J connectivity index is 1.98. The summed E-state index contributed by atoms with van der Waals surface area (Å²) in [6.07, 6.45) is 3.34. The number of aromatic amines is 1. The lowest BCUT2D eigenvalue weighted by molar-refractivity contribution is 0.0694. The van der Waals surface area contributed by atoms with E-state index in [4.69, 9.17) is 9.84 Å². The van der Waals surface area contributed by atoms with Gasteiger partial charge in [0.25, 0.3) is 0 Å². The SMILES string of the molecule is O=C(O)c1ccccc1Oc1cnc2[nH]ccc2c1. The number of aromatic nitrogens is 2. The summed E-state index contributed by atoms with van der Waals surface area (Å²) in [6.45, 7) is 0. The number of carboxylic acid groups (broad SMARTS) is 1. The standard InChI is InChI=1S/C14H10N2O3/c17-14(18)11-3-1-2-4-12(11)19-10-7-9-5-6-15-13(9)16-8-10/h1-8H,(H,15,16)(H,17,18). The second-order valence-corrected chi connectivity index (χ2v) is 3.99. The van der Waals surface area contributed by atoms with Crippen molar-refractivity contribution < 1.29 is 14.6 Å². The van der Waals surface area contributed by atoms with Crippen LogP contribution in [-0.2, 0) is 0 Å². The number of benzene rings is 1. The van der Waals surface area contributed by atoms with Crippen LogP contribution in [-0.4, -0.2) is 21.0 Å². The number of ether oxygens (including phenoxy) is 1. The Morgan fingerprint density at radius 1 is 1.26 bits per heavy atom. The van der Waals surface area contributed by atoms with Gasteiger partial charge in [0, 0.05) is 11.6 Å². The molecule has 5 heteroatoms. The third kappa shape index (κ3) is 2.13. The van der Waals surface area contributed by atoms with E-state index in [2.05, 4.69) is 9.97 Å². The molecule has 0 aliphatic heterocycles. The van der Waals surface area contributed by atoms with Gasteiger partial charge in [0.1, 0.15) is 22.7 Å². The molecule has 3 rings (SSSR count). The monoisotopic (exact) mass is 254 g/mol. The van der Waals surface area contributed by atoms with Gasteiger partial charge < -0.3 is 14.8 Å². The van der Waals surface area contributed by atoms with E-state index in [-0.39, 0.29) is 5.56 Å². The van der Waals surface area contributed by atoms with Crippen molar-refractivity contribution in [1.29, 1.82) is 0 Å². The molecule has 1 aromatic carbocycles. The fraction of sp³-hybridized carbons (Fsp3) is 0. The number of nitrogens with zero attached hydrogens (tertiary/aromatic N) is 1. The average Bonchev–Trinajstić information content (AvgIpc) is 2.86. The maximum absolute atomic E-state index is 11.1. The molecule has 0 saturated heterocycles. The number of rotatable bonds is 3. The third-order valence-electron chi connectivity index (χ3n) is 2.72. The van der Waals surface area contributed by atoms with Gasteiger partial charge in [-0.2, -0.15) is 0 Å². The highest BCUT2D eigenvalue weighted by atomic mass is 16.5. The smallest absolute Gasteiger partial charge is 0.339 e. The van der Waals surface area contributed by atoms with Gasteiger partial charge in [-0.3, -0.25) is 0 Å². The Kier molecular flexibility index (Phi) is 2.64. The summed E-state index contributed by atoms with van der Waals surface area (Å²) in [4.78, 5) is 18.2. The molecule has 2 N–H and O–H groups in total. The van der Waals surface area contributed by atoms with Gasteiger partial charge in [0.2, 0.25) is 0 Å². The summed E-state index contributed by atoms with van der Waals surface area (Å²) in [7, 11) is 0. The van der Waals surface area contributed by atoms with E-state index < -0.39 is 5.97 Å². The first-order chi connectivity index (χ1) is 9.24. The van der Waals surface area contributed by atoms with Gasteiger partial charge >= 0.3 is 5.97 Å². The maximum Gasteiger partial charge on any atom is 0.339 e. The van der Waals surface area contributed by atoms with E-state index in [1.807, 2.05) is 6.07 Å². The number of aromatic carboxylic acids is 1. The van der Waals surface area contributed by atoms with Crippen LogP contribution < -0.4 is 4.74 Å². The normalized spacial score (nSPS) is 10.5. The second-order valence-electron chi connectivity index (χ2n) is 3.99. The minimum atomic E-state index is -1.02. The molecule has 0 radical (unpaired) electrons. The van der Waals surface area contributed by atoms with Crippen molar-refractivity contribution in [2.45, 2.75) is 0 Å². The van der Waals surface area contributed by atoms with Crippen molar-refractivity contribution in [2.75, 3.05) is 0 Å². The quantitative estimate of drug-likeness (QED) is 0.753. The van der Waals surface area contributed by atoms with Crippen LogP contribution in [0.25, 0.3) is 11.0 Å². The number of carboxylic acids is 1. The van der Waals surface area contributed by atoms with Crippen molar-refractivity contribution in [3.63, 3.8) is 0 Å². The zero-order valence-corrected chi connectivity index (χ0v) is 9.83. The first kappa shape index (κ1) is 11.3. The van der Waals surface area contributed by atoms with Crippen LogP contribution in [0.3, 0.4) is 0 Å². The highest BCUT2D eigenvalue weighted by molar-refractivity contribution is 5.91. The van der Waals surface area contributed by atoms with Crippen molar-refractivity contribution >= 4 is 17.0 Å². The van der Waals surface area contributed by atoms with Crippen LogP contribution in [0.4, 0.5) is 0 Å². The largest absolute Gasteiger partial charge is 0.478 e. The average molecular weight is 254 g/mol. The van der Waals surface area contributed by atoms with E-state index in [9.17, 15) is 4.79 Å². The van der Waals surface area contributed by atoms with E-state index >= 15 is 0 Å². The molecule has 0 atom stereocenters. The van der Waals surface area contributed by atoms with Gasteiger partial charge in [-0.15, -0.1) is 0 Å². The molecular formula is C14H10N2O3. The summed E-state index contributed by atoms with van der Waals surface area (Å²) < 4.78 is 5.59. The molecule has 2 heterocycles. The fourth-order valence-electron chi connectivity index (χ4n) is 1.83. The molecule has 0 aliphatic rings. The van der Waals surface area contributed by atoms with Crippen LogP contribution in [0.15, 0.2) is 48.8 Å². The molecule has 94 valence electrons. The maximum atomic E-state index is 11.1. The first-order valence-electron chi connectivity index (χ1n) is 5.67. The molecule has 0 bridgehead atoms. The van der Waals surface area contributed by atoms with E-state index in [1.54, 1.807) is 36.7 Å². The number of nitrogens with one attached hydrogen (secondary N) is 1. The zero-order valence-electron chi connectivity index (χ0n) is 9.83. The van der Waals surface area contributed by atoms with Gasteiger partial charge in [0.05, 0.1) is 6.20 Å². The molecule has 0 spiro atoms. The van der Waals surface area contributed by atoms with Crippen molar-refractivity contribution in [3.8, 4) is 11.5 Å². The number of H-pyrrole nitrogens is 1. The Hall–Kier alpha value is -2.82. The molecule has 2 aromatic heterocycles. The second kappa shape index (κ2) is 4.45. The van der Waals surface area contributed by atoms with E-state index in [0.717, 1.165) is 11.0 Å². The molecule has 0 saturated carbocycles. The number of hydrogen-bond donors (Lipinski definition) is 2. The van der Waals surface area contributed by atoms with E-state index in [0.29, 0.717) is 11.5 Å². The predicted molar refractivity (Wildman–Crippen MR) is 69.6 cm³/mol. The van der Waals surface area contributed by atoms with Crippen LogP contribution in [0.2, 0.25) is 0 Å². The molecular weight excluding hydrogens is 244 g/mol. The summed E-state index contributed by atoms with van der Waals surface area (Å²) >= 11 is 0. The topological polar surface area (TPSA) is 75.2 Å². The van der Waals surface area contributed by atoms with Crippen LogP contribution >= 0.6 is 0 Å². The minimum Gasteiger partial charge on any atom is -0.478 e. The number of fused-ring (bicyclic) bond motifs is 1. The van der Waals surface area contributed by atoms with Crippen molar-refractivity contribution in [3.05, 3.63) is 54.4 Å². The van der Waals surface area contributed by atoms with Gasteiger partial charge in [-0.05, 0) is 24.3 Å². The first-order valence-corrected chi connectivity index (χ1v) is 5.67. The molecule has 0 fully saturated rings. The van der Waals surface area contributed by atoms with Gasteiger partial charge in [-0.1, -0.05) is 12.1 Å². The molecule has 0 aliphatic carbocycles. The molecule has 5 nitrogen and oxygen atoms in total. The highest BCUT2D eigenvalue weighted by Crippen LogP contribution is 2.26. The lowest BCUT2D eigenvalue weighted by Gasteiger charge is -2.08. The zero-order chi connectivity index (χ0) is 13.2. The number of para-hydroxylation sites is 1. The van der Waals surface area contributed by atoms with Gasteiger partial charge in [0.15, 0.2) is 0 Å². The minimum absolute atomic E-state index is 0.122. The molecule has 3 aromatic rings. The Morgan fingerprint density at radius 2 is 2.11 bits per heavy atom. The lowest BCUT2D eigenvalue weighted by Crippen LogP contribution is -1.99. The Morgan fingerprint density at radius 3 is 2.95 bits per heavy atom. The van der Waals surface area contributed by atoms with Crippen molar-refractivity contribution in [2.24, 2.45) is 0 Å². The fourth-order valence-corrected chi connectivity index (χ4v) is 1.83. The molecule has 19 heavy (non-hydrogen) atoms. The Labute approximate surface area is 108 Å². The number of pyridine rings is 1. The number of carbonyl (C=O) groups is 1. The van der Waals surface area contributed by atoms with Crippen LogP contribution in [0.1, 0.15) is 10.4 Å². The van der Waals surface area contributed by atoms with E-state index in [1.165, 1.54) is 6.07 Å². The highest BCUT2D eigenvalue weighted by Gasteiger charge is 2.11. The third-order valence-corrected chi connectivity index (χ3v) is 2.72. The summed E-state index contributed by atoms with van der Waals surface area (Å²) in [5, 5.41) is 9.99. The number of hydrogen-bond acceptors (Lipinski definition) is 3. The van der Waals surface area contributed by atoms with Gasteiger partial charge in [-0.25, -0.2) is 9.78 Å². The molecule has 0 unspecified atom stereocenters. The molecule has 0 amide bonds. The Bertz CT molecular complexity index is 749. The van der Waals surface area contributed by atoms with Crippen LogP contribution in [0.5, 0.6) is 11.5 Å². The predicted octanol–water partition coefficient (Wildman–Crippen LogP) is 3.05. The lowest BCUT2D eigenvalue weighted by atomic mass is 10.2. The summed E-state index contributed by atoms with van der Waals surface area (Å²) in [5.74, 6) is -0.223. The summed E-state index contributed by atoms with van der Waals surface area (Å²) in [5.41, 5.74) is 0.885. The van der Waals surface area contributed by atoms with Crippen LogP contribution in [0, 0.1) is 0 Å².